The number of aliphatic hydroxyl groups is 1. The molecular weight excluding hydrogens is 376 g/mol. The van der Waals surface area contributed by atoms with Gasteiger partial charge in [-0.3, -0.25) is 0 Å². The summed E-state index contributed by atoms with van der Waals surface area (Å²) in [6.07, 6.45) is 5.02. The van der Waals surface area contributed by atoms with Crippen LogP contribution >= 0.6 is 0 Å². The van der Waals surface area contributed by atoms with E-state index in [9.17, 15) is 14.7 Å². The lowest BCUT2D eigenvalue weighted by molar-refractivity contribution is -0.164. The highest BCUT2D eigenvalue weighted by Gasteiger charge is 2.39. The number of carbonyl (C=O) groups is 2. The van der Waals surface area contributed by atoms with E-state index in [1.54, 1.807) is 26.2 Å². The number of rotatable bonds is 7. The maximum atomic E-state index is 12.1. The molecule has 0 spiro atoms. The van der Waals surface area contributed by atoms with Crippen LogP contribution in [0.4, 0.5) is 0 Å². The molecule has 1 saturated heterocycles. The molecule has 0 aromatic heterocycles. The number of hydrogen-bond acceptors (Lipinski definition) is 7. The number of methoxy groups -OCH3 is 1. The van der Waals surface area contributed by atoms with Gasteiger partial charge in [0.2, 0.25) is 0 Å². The minimum absolute atomic E-state index is 0.317. The molecule has 1 aromatic rings. The molecule has 0 bridgehead atoms. The molecule has 7 heteroatoms. The number of hydrogen-bond donors (Lipinski definition) is 1. The van der Waals surface area contributed by atoms with E-state index in [0.717, 1.165) is 11.3 Å². The second-order valence-electron chi connectivity index (χ2n) is 7.14. The van der Waals surface area contributed by atoms with Crippen molar-refractivity contribution in [2.45, 2.75) is 56.7 Å². The average molecular weight is 402 g/mol. The number of esters is 2. The molecule has 0 radical (unpaired) electrons. The average Bonchev–Trinajstić information content (AvgIpc) is 3.22. The Hall–Kier alpha value is -2.64. The highest BCUT2D eigenvalue weighted by atomic mass is 16.6. The van der Waals surface area contributed by atoms with Gasteiger partial charge in [-0.25, -0.2) is 9.59 Å². The summed E-state index contributed by atoms with van der Waals surface area (Å²) >= 11 is 0. The van der Waals surface area contributed by atoms with E-state index in [4.69, 9.17) is 18.9 Å². The fourth-order valence-corrected chi connectivity index (χ4v) is 3.45. The van der Waals surface area contributed by atoms with Gasteiger partial charge in [0, 0.05) is 18.6 Å². The van der Waals surface area contributed by atoms with Crippen molar-refractivity contribution in [1.82, 2.24) is 0 Å². The molecule has 2 aliphatic heterocycles. The molecule has 156 valence electrons. The third-order valence-corrected chi connectivity index (χ3v) is 5.09. The summed E-state index contributed by atoms with van der Waals surface area (Å²) in [5.74, 6) is -0.180. The Morgan fingerprint density at radius 3 is 2.62 bits per heavy atom. The highest BCUT2D eigenvalue weighted by molar-refractivity contribution is 5.87. The van der Waals surface area contributed by atoms with Crippen molar-refractivity contribution >= 4 is 18.0 Å². The topological polar surface area (TPSA) is 91.3 Å². The fourth-order valence-electron chi connectivity index (χ4n) is 3.45. The minimum Gasteiger partial charge on any atom is -0.497 e. The van der Waals surface area contributed by atoms with Crippen LogP contribution < -0.4 is 4.74 Å². The van der Waals surface area contributed by atoms with Gasteiger partial charge in [0.1, 0.15) is 24.1 Å². The molecule has 2 aliphatic rings. The first-order valence-corrected chi connectivity index (χ1v) is 9.69. The lowest BCUT2D eigenvalue weighted by Crippen LogP contribution is -2.41. The summed E-state index contributed by atoms with van der Waals surface area (Å²) in [7, 11) is 1.59. The summed E-state index contributed by atoms with van der Waals surface area (Å²) < 4.78 is 21.6. The van der Waals surface area contributed by atoms with E-state index in [2.05, 4.69) is 0 Å². The summed E-state index contributed by atoms with van der Waals surface area (Å²) in [6.45, 7) is 1.77. The maximum absolute atomic E-state index is 12.1. The van der Waals surface area contributed by atoms with Gasteiger partial charge < -0.3 is 24.1 Å². The Balaban J connectivity index is 1.47. The SMILES string of the molecule is COc1ccc(C=CC(=O)OC(C)C2CCC(C(O)C3CC=CC(=O)O3)O2)cc1. The molecule has 29 heavy (non-hydrogen) atoms. The van der Waals surface area contributed by atoms with Crippen molar-refractivity contribution in [2.75, 3.05) is 7.11 Å². The predicted octanol–water partition coefficient (Wildman–Crippen LogP) is 2.42. The third kappa shape index (κ3) is 5.68. The molecule has 1 N–H and O–H groups in total. The van der Waals surface area contributed by atoms with Crippen molar-refractivity contribution in [1.29, 1.82) is 0 Å². The van der Waals surface area contributed by atoms with Gasteiger partial charge in [-0.05, 0) is 43.5 Å². The number of benzene rings is 1. The molecule has 3 rings (SSSR count). The molecular formula is C22H26O7. The number of carbonyl (C=O) groups excluding carboxylic acids is 2. The van der Waals surface area contributed by atoms with E-state index in [1.807, 2.05) is 24.3 Å². The van der Waals surface area contributed by atoms with Crippen molar-refractivity contribution in [3.63, 3.8) is 0 Å². The second kappa shape index (κ2) is 9.71. The Bertz CT molecular complexity index is 768. The fraction of sp³-hybridized carbons (Fsp3) is 0.455. The van der Waals surface area contributed by atoms with Crippen LogP contribution in [0, 0.1) is 0 Å². The Morgan fingerprint density at radius 2 is 1.93 bits per heavy atom. The largest absolute Gasteiger partial charge is 0.497 e. The van der Waals surface area contributed by atoms with E-state index >= 15 is 0 Å². The third-order valence-electron chi connectivity index (χ3n) is 5.09. The lowest BCUT2D eigenvalue weighted by atomic mass is 10.0. The van der Waals surface area contributed by atoms with Crippen LogP contribution in [0.25, 0.3) is 6.08 Å². The Morgan fingerprint density at radius 1 is 1.21 bits per heavy atom. The van der Waals surface area contributed by atoms with Gasteiger partial charge in [-0.1, -0.05) is 18.2 Å². The van der Waals surface area contributed by atoms with E-state index < -0.39 is 36.4 Å². The first-order valence-electron chi connectivity index (χ1n) is 9.69. The van der Waals surface area contributed by atoms with E-state index in [1.165, 1.54) is 12.2 Å². The quantitative estimate of drug-likeness (QED) is 0.553. The Kier molecular flexibility index (Phi) is 7.06. The number of ether oxygens (including phenoxy) is 4. The summed E-state index contributed by atoms with van der Waals surface area (Å²) in [5.41, 5.74) is 0.854. The van der Waals surface area contributed by atoms with Crippen molar-refractivity contribution in [3.05, 3.63) is 48.1 Å². The summed E-state index contributed by atoms with van der Waals surface area (Å²) in [5, 5.41) is 10.5. The van der Waals surface area contributed by atoms with Crippen LogP contribution in [0.5, 0.6) is 5.75 Å². The lowest BCUT2D eigenvalue weighted by Gasteiger charge is -2.28. The van der Waals surface area contributed by atoms with Gasteiger partial charge in [0.05, 0.1) is 19.3 Å². The first kappa shape index (κ1) is 21.1. The zero-order chi connectivity index (χ0) is 20.8. The zero-order valence-corrected chi connectivity index (χ0v) is 16.5. The monoisotopic (exact) mass is 402 g/mol. The smallest absolute Gasteiger partial charge is 0.331 e. The molecule has 1 fully saturated rings. The molecule has 5 atom stereocenters. The van der Waals surface area contributed by atoms with E-state index in [-0.39, 0.29) is 6.10 Å². The van der Waals surface area contributed by atoms with Gasteiger partial charge in [0.25, 0.3) is 0 Å². The van der Waals surface area contributed by atoms with Gasteiger partial charge in [-0.2, -0.15) is 0 Å². The minimum atomic E-state index is -0.910. The van der Waals surface area contributed by atoms with Crippen molar-refractivity contribution < 1.29 is 33.6 Å². The van der Waals surface area contributed by atoms with Gasteiger partial charge >= 0.3 is 11.9 Å². The summed E-state index contributed by atoms with van der Waals surface area (Å²) in [4.78, 5) is 23.5. The normalized spacial score (nSPS) is 26.2. The molecule has 2 heterocycles. The number of aliphatic hydroxyl groups excluding tert-OH is 1. The molecule has 5 unspecified atom stereocenters. The van der Waals surface area contributed by atoms with Crippen molar-refractivity contribution in [2.24, 2.45) is 0 Å². The van der Waals surface area contributed by atoms with Crippen LogP contribution in [0.1, 0.15) is 31.7 Å². The standard InChI is InChI=1S/C22H26O7/c1-14(27-21(24)13-8-15-6-9-16(26-2)10-7-15)17-11-12-19(28-17)22(25)18-4-3-5-20(23)29-18/h3,5-10,13-14,17-19,22,25H,4,11-12H2,1-2H3. The number of cyclic esters (lactones) is 1. The zero-order valence-electron chi connectivity index (χ0n) is 16.5. The molecule has 0 amide bonds. The summed E-state index contributed by atoms with van der Waals surface area (Å²) in [6, 6.07) is 7.30. The predicted molar refractivity (Wildman–Crippen MR) is 105 cm³/mol. The van der Waals surface area contributed by atoms with Crippen molar-refractivity contribution in [3.8, 4) is 5.75 Å². The van der Waals surface area contributed by atoms with Crippen LogP contribution in [0.3, 0.4) is 0 Å². The van der Waals surface area contributed by atoms with Crippen LogP contribution in [-0.2, 0) is 23.8 Å². The van der Waals surface area contributed by atoms with Gasteiger partial charge in [0.15, 0.2) is 0 Å². The van der Waals surface area contributed by atoms with E-state index in [0.29, 0.717) is 19.3 Å². The van der Waals surface area contributed by atoms with Crippen LogP contribution in [-0.4, -0.2) is 54.7 Å². The maximum Gasteiger partial charge on any atom is 0.331 e. The molecule has 7 nitrogen and oxygen atoms in total. The van der Waals surface area contributed by atoms with Crippen LogP contribution in [0.2, 0.25) is 0 Å². The van der Waals surface area contributed by atoms with Crippen LogP contribution in [0.15, 0.2) is 42.5 Å². The van der Waals surface area contributed by atoms with Gasteiger partial charge in [-0.15, -0.1) is 0 Å². The molecule has 1 aromatic carbocycles. The Labute approximate surface area is 169 Å². The highest BCUT2D eigenvalue weighted by Crippen LogP contribution is 2.29. The molecule has 0 saturated carbocycles. The first-order chi connectivity index (χ1) is 14.0. The second-order valence-corrected chi connectivity index (χ2v) is 7.14. The molecule has 0 aliphatic carbocycles.